The number of esters is 1. The molecule has 3 rings (SSSR count). The highest BCUT2D eigenvalue weighted by atomic mass is 32.1. The summed E-state index contributed by atoms with van der Waals surface area (Å²) in [5.41, 5.74) is 1.76. The molecule has 1 amide bonds. The zero-order valence-electron chi connectivity index (χ0n) is 15.3. The van der Waals surface area contributed by atoms with Gasteiger partial charge in [-0.1, -0.05) is 18.2 Å². The van der Waals surface area contributed by atoms with Crippen LogP contribution in [0.5, 0.6) is 5.75 Å². The first-order valence-corrected chi connectivity index (χ1v) is 9.26. The van der Waals surface area contributed by atoms with Crippen LogP contribution in [0.4, 0.5) is 0 Å². The zero-order valence-corrected chi connectivity index (χ0v) is 16.1. The molecule has 0 bridgehead atoms. The van der Waals surface area contributed by atoms with E-state index in [0.29, 0.717) is 0 Å². The van der Waals surface area contributed by atoms with Crippen LogP contribution in [0.1, 0.15) is 33.9 Å². The van der Waals surface area contributed by atoms with E-state index in [0.717, 1.165) is 20.8 Å². The van der Waals surface area contributed by atoms with E-state index < -0.39 is 12.6 Å². The maximum absolute atomic E-state index is 12.4. The van der Waals surface area contributed by atoms with Crippen LogP contribution >= 0.6 is 11.3 Å². The lowest BCUT2D eigenvalue weighted by atomic mass is 10.1. The molecule has 1 aromatic heterocycles. The third-order valence-corrected chi connectivity index (χ3v) is 5.55. The normalized spacial score (nSPS) is 12.0. The van der Waals surface area contributed by atoms with Gasteiger partial charge >= 0.3 is 5.97 Å². The van der Waals surface area contributed by atoms with Crippen LogP contribution in [0.2, 0.25) is 0 Å². The topological polar surface area (TPSA) is 79.7 Å². The Morgan fingerprint density at radius 3 is 2.70 bits per heavy atom. The highest BCUT2D eigenvalue weighted by Gasteiger charge is 2.22. The molecule has 3 aromatic rings. The van der Waals surface area contributed by atoms with Gasteiger partial charge in [-0.2, -0.15) is 0 Å². The number of aromatic nitrogens is 1. The molecule has 1 atom stereocenters. The Bertz CT molecular complexity index is 966. The fraction of sp³-hybridized carbons (Fsp3) is 0.250. The minimum atomic E-state index is -0.734. The number of thiazole rings is 1. The Morgan fingerprint density at radius 1 is 1.26 bits per heavy atom. The Balaban J connectivity index is 1.63. The molecule has 1 heterocycles. The predicted molar refractivity (Wildman–Crippen MR) is 104 cm³/mol. The van der Waals surface area contributed by atoms with Crippen LogP contribution in [0.3, 0.4) is 0 Å². The SMILES string of the molecule is Cc1ccc(C(=O)OCC(=O)N(C)[C@@H](C)c2nc3ccccc3s2)c(O)c1. The van der Waals surface area contributed by atoms with Gasteiger partial charge in [0.15, 0.2) is 6.61 Å². The molecule has 0 aliphatic rings. The third kappa shape index (κ3) is 4.09. The summed E-state index contributed by atoms with van der Waals surface area (Å²) < 4.78 is 6.13. The van der Waals surface area contributed by atoms with Gasteiger partial charge in [-0.05, 0) is 43.7 Å². The fourth-order valence-electron chi connectivity index (χ4n) is 2.57. The molecule has 7 heteroatoms. The lowest BCUT2D eigenvalue weighted by Crippen LogP contribution is -2.33. The highest BCUT2D eigenvalue weighted by molar-refractivity contribution is 7.18. The maximum atomic E-state index is 12.4. The second-order valence-corrected chi connectivity index (χ2v) is 7.36. The molecule has 0 aliphatic carbocycles. The Kier molecular flexibility index (Phi) is 5.41. The molecule has 27 heavy (non-hydrogen) atoms. The van der Waals surface area contributed by atoms with Crippen molar-refractivity contribution in [1.29, 1.82) is 0 Å². The van der Waals surface area contributed by atoms with E-state index in [1.807, 2.05) is 31.2 Å². The molecule has 2 aromatic carbocycles. The Labute approximate surface area is 161 Å². The van der Waals surface area contributed by atoms with Gasteiger partial charge in [-0.15, -0.1) is 11.3 Å². The fourth-order valence-corrected chi connectivity index (χ4v) is 3.63. The molecule has 0 fully saturated rings. The van der Waals surface area contributed by atoms with Gasteiger partial charge < -0.3 is 14.7 Å². The van der Waals surface area contributed by atoms with E-state index in [2.05, 4.69) is 4.98 Å². The number of hydrogen-bond acceptors (Lipinski definition) is 6. The molecule has 0 spiro atoms. The monoisotopic (exact) mass is 384 g/mol. The van der Waals surface area contributed by atoms with E-state index in [-0.39, 0.29) is 23.3 Å². The van der Waals surface area contributed by atoms with Crippen LogP contribution in [0.25, 0.3) is 10.2 Å². The number of likely N-dealkylation sites (N-methyl/N-ethyl adjacent to an activating group) is 1. The lowest BCUT2D eigenvalue weighted by molar-refractivity contribution is -0.135. The molecule has 1 N–H and O–H groups in total. The number of fused-ring (bicyclic) bond motifs is 1. The summed E-state index contributed by atoms with van der Waals surface area (Å²) in [6, 6.07) is 12.2. The smallest absolute Gasteiger partial charge is 0.342 e. The van der Waals surface area contributed by atoms with Crippen LogP contribution < -0.4 is 0 Å². The molecule has 0 saturated heterocycles. The van der Waals surface area contributed by atoms with Gasteiger partial charge in [0.05, 0.1) is 16.3 Å². The Hall–Kier alpha value is -2.93. The predicted octanol–water partition coefficient (Wildman–Crippen LogP) is 3.69. The van der Waals surface area contributed by atoms with Crippen LogP contribution in [0, 0.1) is 6.92 Å². The van der Waals surface area contributed by atoms with Crippen molar-refractivity contribution in [3.63, 3.8) is 0 Å². The van der Waals surface area contributed by atoms with Crippen molar-refractivity contribution < 1.29 is 19.4 Å². The van der Waals surface area contributed by atoms with Crippen molar-refractivity contribution in [2.24, 2.45) is 0 Å². The van der Waals surface area contributed by atoms with Crippen LogP contribution in [0.15, 0.2) is 42.5 Å². The van der Waals surface area contributed by atoms with Gasteiger partial charge in [-0.25, -0.2) is 9.78 Å². The van der Waals surface area contributed by atoms with Crippen molar-refractivity contribution in [1.82, 2.24) is 9.88 Å². The summed E-state index contributed by atoms with van der Waals surface area (Å²) >= 11 is 1.53. The largest absolute Gasteiger partial charge is 0.507 e. The first-order valence-electron chi connectivity index (χ1n) is 8.44. The number of nitrogens with zero attached hydrogens (tertiary/aromatic N) is 2. The number of benzene rings is 2. The summed E-state index contributed by atoms with van der Waals surface area (Å²) in [7, 11) is 1.65. The molecule has 0 radical (unpaired) electrons. The van der Waals surface area contributed by atoms with Crippen LogP contribution in [-0.4, -0.2) is 40.5 Å². The van der Waals surface area contributed by atoms with Gasteiger partial charge in [0.25, 0.3) is 5.91 Å². The maximum Gasteiger partial charge on any atom is 0.342 e. The third-order valence-electron chi connectivity index (χ3n) is 4.34. The van der Waals surface area contributed by atoms with E-state index >= 15 is 0 Å². The van der Waals surface area contributed by atoms with Gasteiger partial charge in [0.2, 0.25) is 0 Å². The first kappa shape index (κ1) is 18.8. The summed E-state index contributed by atoms with van der Waals surface area (Å²) in [5, 5.41) is 10.7. The number of ether oxygens (including phenoxy) is 1. The van der Waals surface area contributed by atoms with Crippen molar-refractivity contribution in [3.8, 4) is 5.75 Å². The number of carbonyl (C=O) groups is 2. The van der Waals surface area contributed by atoms with Crippen LogP contribution in [-0.2, 0) is 9.53 Å². The van der Waals surface area contributed by atoms with E-state index in [1.165, 1.54) is 28.4 Å². The van der Waals surface area contributed by atoms with Crippen molar-refractivity contribution in [3.05, 3.63) is 58.6 Å². The van der Waals surface area contributed by atoms with E-state index in [9.17, 15) is 14.7 Å². The number of phenolic OH excluding ortho intramolecular Hbond substituents is 1. The number of amides is 1. The molecule has 140 valence electrons. The van der Waals surface area contributed by atoms with Gasteiger partial charge in [0, 0.05) is 7.05 Å². The number of aryl methyl sites for hydroxylation is 1. The van der Waals surface area contributed by atoms with Gasteiger partial charge in [0.1, 0.15) is 16.3 Å². The first-order chi connectivity index (χ1) is 12.9. The summed E-state index contributed by atoms with van der Waals surface area (Å²) in [4.78, 5) is 30.6. The molecule has 0 aliphatic heterocycles. The molecule has 0 saturated carbocycles. The standard InChI is InChI=1S/C20H20N2O4S/c1-12-8-9-14(16(23)10-12)20(25)26-11-18(24)22(3)13(2)19-21-15-6-4-5-7-17(15)27-19/h4-10,13,23H,11H2,1-3H3/t13-/m0/s1. The van der Waals surface area contributed by atoms with Crippen molar-refractivity contribution in [2.45, 2.75) is 19.9 Å². The molecule has 6 nitrogen and oxygen atoms in total. The quantitative estimate of drug-likeness (QED) is 0.679. The summed E-state index contributed by atoms with van der Waals surface area (Å²) in [5.74, 6) is -1.24. The Morgan fingerprint density at radius 2 is 2.00 bits per heavy atom. The number of para-hydroxylation sites is 1. The average molecular weight is 384 g/mol. The highest BCUT2D eigenvalue weighted by Crippen LogP contribution is 2.29. The number of aromatic hydroxyl groups is 1. The number of hydrogen-bond donors (Lipinski definition) is 1. The lowest BCUT2D eigenvalue weighted by Gasteiger charge is -2.23. The second-order valence-electron chi connectivity index (χ2n) is 6.30. The summed E-state index contributed by atoms with van der Waals surface area (Å²) in [6.45, 7) is 3.28. The van der Waals surface area contributed by atoms with Gasteiger partial charge in [-0.3, -0.25) is 4.79 Å². The molecule has 0 unspecified atom stereocenters. The van der Waals surface area contributed by atoms with Crippen molar-refractivity contribution in [2.75, 3.05) is 13.7 Å². The van der Waals surface area contributed by atoms with Crippen molar-refractivity contribution >= 4 is 33.4 Å². The minimum absolute atomic E-state index is 0.0373. The summed E-state index contributed by atoms with van der Waals surface area (Å²) in [6.07, 6.45) is 0. The molecular weight excluding hydrogens is 364 g/mol. The van der Waals surface area contributed by atoms with E-state index in [1.54, 1.807) is 20.0 Å². The van der Waals surface area contributed by atoms with E-state index in [4.69, 9.17) is 4.74 Å². The second kappa shape index (κ2) is 7.75. The molecular formula is C20H20N2O4S. The minimum Gasteiger partial charge on any atom is -0.507 e. The number of rotatable bonds is 5. The number of carbonyl (C=O) groups excluding carboxylic acids is 2. The number of phenols is 1. The zero-order chi connectivity index (χ0) is 19.6. The average Bonchev–Trinajstić information content (AvgIpc) is 3.08.